The summed E-state index contributed by atoms with van der Waals surface area (Å²) < 4.78 is 44.1. The molecule has 22 heavy (non-hydrogen) atoms. The van der Waals surface area contributed by atoms with Crippen molar-refractivity contribution >= 4 is 5.69 Å². The second-order valence-corrected chi connectivity index (χ2v) is 4.56. The van der Waals surface area contributed by atoms with Gasteiger partial charge in [0.15, 0.2) is 0 Å². The number of nitrogens with one attached hydrogen (secondary N) is 1. The highest BCUT2D eigenvalue weighted by Gasteiger charge is 2.33. The van der Waals surface area contributed by atoms with E-state index in [-0.39, 0.29) is 17.9 Å². The van der Waals surface area contributed by atoms with E-state index in [1.807, 2.05) is 6.07 Å². The molecule has 0 aromatic heterocycles. The second-order valence-electron chi connectivity index (χ2n) is 4.56. The van der Waals surface area contributed by atoms with Crippen molar-refractivity contribution in [1.29, 1.82) is 5.26 Å². The second kappa shape index (κ2) is 6.39. The van der Waals surface area contributed by atoms with E-state index in [4.69, 9.17) is 10.00 Å². The van der Waals surface area contributed by atoms with Crippen LogP contribution in [0.2, 0.25) is 0 Å². The molecule has 0 saturated carbocycles. The highest BCUT2D eigenvalue weighted by atomic mass is 19.4. The molecule has 0 amide bonds. The van der Waals surface area contributed by atoms with Crippen LogP contribution in [0.25, 0.3) is 0 Å². The van der Waals surface area contributed by atoms with Gasteiger partial charge in [-0.25, -0.2) is 0 Å². The SMILES string of the molecule is COc1ccc(CNc2ccc(C#N)cc2)c(C(F)(F)F)c1. The molecule has 2 aromatic rings. The summed E-state index contributed by atoms with van der Waals surface area (Å²) in [6.45, 7) is 0.0186. The lowest BCUT2D eigenvalue weighted by Crippen LogP contribution is -2.12. The Bertz CT molecular complexity index is 688. The van der Waals surface area contributed by atoms with Crippen LogP contribution in [-0.4, -0.2) is 7.11 Å². The van der Waals surface area contributed by atoms with Gasteiger partial charge in [0.25, 0.3) is 0 Å². The molecule has 0 spiro atoms. The number of benzene rings is 2. The van der Waals surface area contributed by atoms with Gasteiger partial charge in [-0.05, 0) is 42.0 Å². The monoisotopic (exact) mass is 306 g/mol. The Labute approximate surface area is 126 Å². The maximum atomic E-state index is 13.1. The Morgan fingerprint density at radius 2 is 1.82 bits per heavy atom. The van der Waals surface area contributed by atoms with Crippen molar-refractivity contribution in [2.75, 3.05) is 12.4 Å². The van der Waals surface area contributed by atoms with Crippen molar-refractivity contribution < 1.29 is 17.9 Å². The first-order valence-electron chi connectivity index (χ1n) is 6.42. The van der Waals surface area contributed by atoms with E-state index in [1.165, 1.54) is 19.2 Å². The number of rotatable bonds is 4. The summed E-state index contributed by atoms with van der Waals surface area (Å²) in [5.41, 5.74) is 0.527. The zero-order valence-electron chi connectivity index (χ0n) is 11.7. The van der Waals surface area contributed by atoms with Gasteiger partial charge in [0.1, 0.15) is 5.75 Å². The first-order chi connectivity index (χ1) is 10.4. The van der Waals surface area contributed by atoms with Gasteiger partial charge in [0.05, 0.1) is 24.3 Å². The number of nitriles is 1. The zero-order chi connectivity index (χ0) is 16.2. The molecule has 0 fully saturated rings. The lowest BCUT2D eigenvalue weighted by Gasteiger charge is -2.15. The highest BCUT2D eigenvalue weighted by molar-refractivity contribution is 5.48. The topological polar surface area (TPSA) is 45.0 Å². The summed E-state index contributed by atoms with van der Waals surface area (Å²) in [6, 6.07) is 12.3. The zero-order valence-corrected chi connectivity index (χ0v) is 11.7. The maximum absolute atomic E-state index is 13.1. The average molecular weight is 306 g/mol. The molecule has 3 nitrogen and oxygen atoms in total. The standard InChI is InChI=1S/C16H13F3N2O/c1-22-14-7-4-12(15(8-14)16(17,18)19)10-21-13-5-2-11(9-20)3-6-13/h2-8,21H,10H2,1H3. The van der Waals surface area contributed by atoms with Crippen LogP contribution in [0.15, 0.2) is 42.5 Å². The third-order valence-electron chi connectivity index (χ3n) is 3.12. The van der Waals surface area contributed by atoms with Gasteiger partial charge in [-0.2, -0.15) is 18.4 Å². The molecule has 2 aromatic carbocycles. The normalized spacial score (nSPS) is 10.9. The van der Waals surface area contributed by atoms with Crippen molar-refractivity contribution in [3.8, 4) is 11.8 Å². The summed E-state index contributed by atoms with van der Waals surface area (Å²) >= 11 is 0. The summed E-state index contributed by atoms with van der Waals surface area (Å²) in [5, 5.41) is 11.6. The molecule has 114 valence electrons. The van der Waals surface area contributed by atoms with Gasteiger partial charge in [-0.3, -0.25) is 0 Å². The van der Waals surface area contributed by atoms with Crippen LogP contribution in [0, 0.1) is 11.3 Å². The van der Waals surface area contributed by atoms with E-state index in [0.29, 0.717) is 11.3 Å². The van der Waals surface area contributed by atoms with Crippen LogP contribution in [-0.2, 0) is 12.7 Å². The first kappa shape index (κ1) is 15.7. The third-order valence-corrected chi connectivity index (χ3v) is 3.12. The molecule has 0 bridgehead atoms. The molecule has 0 heterocycles. The lowest BCUT2D eigenvalue weighted by atomic mass is 10.1. The summed E-state index contributed by atoms with van der Waals surface area (Å²) in [7, 11) is 1.32. The first-order valence-corrected chi connectivity index (χ1v) is 6.42. The van der Waals surface area contributed by atoms with E-state index >= 15 is 0 Å². The van der Waals surface area contributed by atoms with Gasteiger partial charge in [0, 0.05) is 12.2 Å². The molecule has 0 aliphatic carbocycles. The third kappa shape index (κ3) is 3.70. The molecule has 0 saturated heterocycles. The molecule has 6 heteroatoms. The maximum Gasteiger partial charge on any atom is 0.416 e. The van der Waals surface area contributed by atoms with E-state index in [2.05, 4.69) is 5.32 Å². The Hall–Kier alpha value is -2.68. The minimum Gasteiger partial charge on any atom is -0.497 e. The fourth-order valence-electron chi connectivity index (χ4n) is 1.96. The largest absolute Gasteiger partial charge is 0.497 e. The number of alkyl halides is 3. The quantitative estimate of drug-likeness (QED) is 0.921. The van der Waals surface area contributed by atoms with Crippen molar-refractivity contribution in [3.05, 3.63) is 59.2 Å². The van der Waals surface area contributed by atoms with Crippen LogP contribution in [0.3, 0.4) is 0 Å². The average Bonchev–Trinajstić information content (AvgIpc) is 2.52. The fraction of sp³-hybridized carbons (Fsp3) is 0.188. The minimum absolute atomic E-state index is 0.0186. The Balaban J connectivity index is 2.20. The van der Waals surface area contributed by atoms with Crippen molar-refractivity contribution in [3.63, 3.8) is 0 Å². The van der Waals surface area contributed by atoms with Crippen molar-refractivity contribution in [2.24, 2.45) is 0 Å². The molecule has 0 radical (unpaired) electrons. The van der Waals surface area contributed by atoms with E-state index in [1.54, 1.807) is 24.3 Å². The molecule has 0 aliphatic rings. The Kier molecular flexibility index (Phi) is 4.56. The lowest BCUT2D eigenvalue weighted by molar-refractivity contribution is -0.138. The number of hydrogen-bond donors (Lipinski definition) is 1. The van der Waals surface area contributed by atoms with Gasteiger partial charge in [0.2, 0.25) is 0 Å². The summed E-state index contributed by atoms with van der Waals surface area (Å²) in [6.07, 6.45) is -4.45. The summed E-state index contributed by atoms with van der Waals surface area (Å²) in [5.74, 6) is 0.162. The Morgan fingerprint density at radius 3 is 2.36 bits per heavy atom. The van der Waals surface area contributed by atoms with Crippen LogP contribution in [0.5, 0.6) is 5.75 Å². The van der Waals surface area contributed by atoms with Crippen molar-refractivity contribution in [2.45, 2.75) is 12.7 Å². The van der Waals surface area contributed by atoms with E-state index in [9.17, 15) is 13.2 Å². The molecule has 0 unspecified atom stereocenters. The van der Waals surface area contributed by atoms with E-state index < -0.39 is 11.7 Å². The molecule has 2 rings (SSSR count). The molecular weight excluding hydrogens is 293 g/mol. The number of halogens is 3. The predicted octanol–water partition coefficient (Wildman–Crippen LogP) is 4.20. The van der Waals surface area contributed by atoms with Gasteiger partial charge < -0.3 is 10.1 Å². The van der Waals surface area contributed by atoms with E-state index in [0.717, 1.165) is 6.07 Å². The van der Waals surface area contributed by atoms with Crippen LogP contribution in [0.1, 0.15) is 16.7 Å². The van der Waals surface area contributed by atoms with Crippen LogP contribution < -0.4 is 10.1 Å². The van der Waals surface area contributed by atoms with Crippen LogP contribution in [0.4, 0.5) is 18.9 Å². The number of anilines is 1. The van der Waals surface area contributed by atoms with Gasteiger partial charge >= 0.3 is 6.18 Å². The highest BCUT2D eigenvalue weighted by Crippen LogP contribution is 2.34. The molecule has 0 aliphatic heterocycles. The number of methoxy groups -OCH3 is 1. The molecular formula is C16H13F3N2O. The number of hydrogen-bond acceptors (Lipinski definition) is 3. The predicted molar refractivity (Wildman–Crippen MR) is 76.5 cm³/mol. The number of nitrogens with zero attached hydrogens (tertiary/aromatic N) is 1. The van der Waals surface area contributed by atoms with Gasteiger partial charge in [-0.15, -0.1) is 0 Å². The van der Waals surface area contributed by atoms with Crippen LogP contribution >= 0.6 is 0 Å². The molecule has 1 N–H and O–H groups in total. The smallest absolute Gasteiger partial charge is 0.416 e. The Morgan fingerprint density at radius 1 is 1.14 bits per heavy atom. The van der Waals surface area contributed by atoms with Gasteiger partial charge in [-0.1, -0.05) is 6.07 Å². The summed E-state index contributed by atoms with van der Waals surface area (Å²) in [4.78, 5) is 0. The number of ether oxygens (including phenoxy) is 1. The minimum atomic E-state index is -4.45. The van der Waals surface area contributed by atoms with Crippen molar-refractivity contribution in [1.82, 2.24) is 0 Å². The fourth-order valence-corrected chi connectivity index (χ4v) is 1.96. The molecule has 0 atom stereocenters.